The summed E-state index contributed by atoms with van der Waals surface area (Å²) >= 11 is 0. The number of carbonyl (C=O) groups excluding carboxylic acids is 1. The molecular formula is C17H14FN3O2. The van der Waals surface area contributed by atoms with Crippen LogP contribution < -0.4 is 5.32 Å². The minimum Gasteiger partial charge on any atom is -0.421 e. The molecule has 1 amide bonds. The normalized spacial score (nSPS) is 10.5. The molecule has 0 atom stereocenters. The Morgan fingerprint density at radius 2 is 2.00 bits per heavy atom. The molecule has 1 aromatic heterocycles. The second-order valence-electron chi connectivity index (χ2n) is 5.06. The Morgan fingerprint density at radius 3 is 2.74 bits per heavy atom. The van der Waals surface area contributed by atoms with Crippen molar-refractivity contribution in [2.45, 2.75) is 13.3 Å². The number of halogens is 1. The van der Waals surface area contributed by atoms with Crippen molar-refractivity contribution in [3.05, 3.63) is 65.8 Å². The molecular weight excluding hydrogens is 297 g/mol. The third kappa shape index (κ3) is 3.79. The molecule has 5 nitrogen and oxygen atoms in total. The van der Waals surface area contributed by atoms with Gasteiger partial charge in [-0.2, -0.15) is 0 Å². The standard InChI is InChI=1S/C17H14FN3O2/c1-11-20-21-17(23-11)13-5-3-7-15(10-13)19-16(22)9-12-4-2-6-14(18)8-12/h2-8,10H,9H2,1H3,(H,19,22). The predicted molar refractivity (Wildman–Crippen MR) is 83.2 cm³/mol. The summed E-state index contributed by atoms with van der Waals surface area (Å²) in [5.74, 6) is 0.280. The van der Waals surface area contributed by atoms with E-state index in [-0.39, 0.29) is 18.1 Å². The maximum atomic E-state index is 13.1. The molecule has 0 radical (unpaired) electrons. The molecule has 1 heterocycles. The Labute approximate surface area is 132 Å². The van der Waals surface area contributed by atoms with E-state index in [9.17, 15) is 9.18 Å². The number of aromatic nitrogens is 2. The van der Waals surface area contributed by atoms with Gasteiger partial charge in [-0.1, -0.05) is 18.2 Å². The monoisotopic (exact) mass is 311 g/mol. The van der Waals surface area contributed by atoms with Crippen molar-refractivity contribution >= 4 is 11.6 Å². The summed E-state index contributed by atoms with van der Waals surface area (Å²) in [7, 11) is 0. The van der Waals surface area contributed by atoms with Crippen LogP contribution in [-0.2, 0) is 11.2 Å². The SMILES string of the molecule is Cc1nnc(-c2cccc(NC(=O)Cc3cccc(F)c3)c2)o1. The Kier molecular flexibility index (Phi) is 4.14. The molecule has 116 valence electrons. The highest BCUT2D eigenvalue weighted by Gasteiger charge is 2.09. The number of hydrogen-bond acceptors (Lipinski definition) is 4. The molecule has 6 heteroatoms. The van der Waals surface area contributed by atoms with Crippen LogP contribution in [0.1, 0.15) is 11.5 Å². The predicted octanol–water partition coefficient (Wildman–Crippen LogP) is 3.37. The zero-order valence-corrected chi connectivity index (χ0v) is 12.4. The number of aryl methyl sites for hydroxylation is 1. The number of nitrogens with one attached hydrogen (secondary N) is 1. The Bertz CT molecular complexity index is 845. The lowest BCUT2D eigenvalue weighted by Gasteiger charge is -2.06. The van der Waals surface area contributed by atoms with E-state index in [2.05, 4.69) is 15.5 Å². The largest absolute Gasteiger partial charge is 0.421 e. The van der Waals surface area contributed by atoms with E-state index in [0.717, 1.165) is 0 Å². The lowest BCUT2D eigenvalue weighted by atomic mass is 10.1. The van der Waals surface area contributed by atoms with Crippen LogP contribution in [0.2, 0.25) is 0 Å². The van der Waals surface area contributed by atoms with Crippen molar-refractivity contribution < 1.29 is 13.6 Å². The van der Waals surface area contributed by atoms with Gasteiger partial charge in [0.1, 0.15) is 5.82 Å². The second kappa shape index (κ2) is 6.39. The van der Waals surface area contributed by atoms with E-state index < -0.39 is 0 Å². The average molecular weight is 311 g/mol. The van der Waals surface area contributed by atoms with E-state index in [1.165, 1.54) is 12.1 Å². The second-order valence-corrected chi connectivity index (χ2v) is 5.06. The van der Waals surface area contributed by atoms with E-state index in [1.807, 2.05) is 6.07 Å². The number of amides is 1. The van der Waals surface area contributed by atoms with Crippen LogP contribution in [0.3, 0.4) is 0 Å². The van der Waals surface area contributed by atoms with Gasteiger partial charge in [0.25, 0.3) is 0 Å². The van der Waals surface area contributed by atoms with Gasteiger partial charge in [0, 0.05) is 18.2 Å². The van der Waals surface area contributed by atoms with Gasteiger partial charge in [0.2, 0.25) is 17.7 Å². The van der Waals surface area contributed by atoms with Crippen molar-refractivity contribution in [2.75, 3.05) is 5.32 Å². The van der Waals surface area contributed by atoms with Gasteiger partial charge in [0.05, 0.1) is 6.42 Å². The molecule has 0 saturated heterocycles. The molecule has 0 aliphatic heterocycles. The van der Waals surface area contributed by atoms with Crippen molar-refractivity contribution in [1.29, 1.82) is 0 Å². The third-order valence-electron chi connectivity index (χ3n) is 3.17. The number of hydrogen-bond donors (Lipinski definition) is 1. The van der Waals surface area contributed by atoms with Crippen molar-refractivity contribution in [3.63, 3.8) is 0 Å². The highest BCUT2D eigenvalue weighted by atomic mass is 19.1. The zero-order valence-electron chi connectivity index (χ0n) is 12.4. The number of rotatable bonds is 4. The van der Waals surface area contributed by atoms with Crippen LogP contribution >= 0.6 is 0 Å². The Hall–Kier alpha value is -3.02. The molecule has 0 fully saturated rings. The van der Waals surface area contributed by atoms with Crippen LogP contribution in [0.4, 0.5) is 10.1 Å². The molecule has 3 aromatic rings. The summed E-state index contributed by atoms with van der Waals surface area (Å²) in [6.45, 7) is 1.71. The fourth-order valence-corrected chi connectivity index (χ4v) is 2.18. The molecule has 0 saturated carbocycles. The molecule has 0 aliphatic carbocycles. The molecule has 3 rings (SSSR count). The van der Waals surface area contributed by atoms with Crippen LogP contribution in [0.25, 0.3) is 11.5 Å². The maximum Gasteiger partial charge on any atom is 0.247 e. The fraction of sp³-hybridized carbons (Fsp3) is 0.118. The smallest absolute Gasteiger partial charge is 0.247 e. The van der Waals surface area contributed by atoms with Gasteiger partial charge in [-0.05, 0) is 35.9 Å². The first-order chi connectivity index (χ1) is 11.1. The summed E-state index contributed by atoms with van der Waals surface area (Å²) in [5.41, 5.74) is 1.94. The molecule has 1 N–H and O–H groups in total. The first-order valence-corrected chi connectivity index (χ1v) is 7.05. The van der Waals surface area contributed by atoms with Crippen LogP contribution in [0.5, 0.6) is 0 Å². The van der Waals surface area contributed by atoms with Gasteiger partial charge < -0.3 is 9.73 Å². The summed E-state index contributed by atoms with van der Waals surface area (Å²) in [4.78, 5) is 12.1. The van der Waals surface area contributed by atoms with Gasteiger partial charge in [-0.3, -0.25) is 4.79 Å². The highest BCUT2D eigenvalue weighted by molar-refractivity contribution is 5.92. The van der Waals surface area contributed by atoms with Crippen molar-refractivity contribution in [1.82, 2.24) is 10.2 Å². The minimum absolute atomic E-state index is 0.0989. The Balaban J connectivity index is 1.71. The van der Waals surface area contributed by atoms with Gasteiger partial charge in [-0.25, -0.2) is 4.39 Å². The summed E-state index contributed by atoms with van der Waals surface area (Å²) < 4.78 is 18.5. The topological polar surface area (TPSA) is 68.0 Å². The molecule has 0 bridgehead atoms. The number of anilines is 1. The summed E-state index contributed by atoms with van der Waals surface area (Å²) in [6, 6.07) is 13.1. The molecule has 23 heavy (non-hydrogen) atoms. The lowest BCUT2D eigenvalue weighted by molar-refractivity contribution is -0.115. The molecule has 0 aliphatic rings. The molecule has 0 unspecified atom stereocenters. The highest BCUT2D eigenvalue weighted by Crippen LogP contribution is 2.21. The van der Waals surface area contributed by atoms with Crippen LogP contribution in [0.15, 0.2) is 52.9 Å². The van der Waals surface area contributed by atoms with Gasteiger partial charge in [0.15, 0.2) is 0 Å². The van der Waals surface area contributed by atoms with Gasteiger partial charge >= 0.3 is 0 Å². The van der Waals surface area contributed by atoms with Crippen LogP contribution in [-0.4, -0.2) is 16.1 Å². The lowest BCUT2D eigenvalue weighted by Crippen LogP contribution is -2.14. The van der Waals surface area contributed by atoms with Crippen molar-refractivity contribution in [3.8, 4) is 11.5 Å². The summed E-state index contributed by atoms with van der Waals surface area (Å²) in [5, 5.41) is 10.5. The van der Waals surface area contributed by atoms with E-state index >= 15 is 0 Å². The van der Waals surface area contributed by atoms with E-state index in [0.29, 0.717) is 28.6 Å². The van der Waals surface area contributed by atoms with E-state index in [1.54, 1.807) is 37.3 Å². The van der Waals surface area contributed by atoms with Crippen molar-refractivity contribution in [2.24, 2.45) is 0 Å². The number of nitrogens with zero attached hydrogens (tertiary/aromatic N) is 2. The average Bonchev–Trinajstić information content (AvgIpc) is 2.94. The van der Waals surface area contributed by atoms with Crippen LogP contribution in [0, 0.1) is 12.7 Å². The quantitative estimate of drug-likeness (QED) is 0.802. The minimum atomic E-state index is -0.357. The summed E-state index contributed by atoms with van der Waals surface area (Å²) in [6.07, 6.45) is 0.0989. The molecule has 0 spiro atoms. The molecule has 2 aromatic carbocycles. The number of benzene rings is 2. The fourth-order valence-electron chi connectivity index (χ4n) is 2.18. The number of carbonyl (C=O) groups is 1. The van der Waals surface area contributed by atoms with Gasteiger partial charge in [-0.15, -0.1) is 10.2 Å². The van der Waals surface area contributed by atoms with E-state index in [4.69, 9.17) is 4.42 Å². The maximum absolute atomic E-state index is 13.1. The first kappa shape index (κ1) is 14.9. The first-order valence-electron chi connectivity index (χ1n) is 7.05. The Morgan fingerprint density at radius 1 is 1.17 bits per heavy atom. The third-order valence-corrected chi connectivity index (χ3v) is 3.17. The zero-order chi connectivity index (χ0) is 16.2.